The summed E-state index contributed by atoms with van der Waals surface area (Å²) in [4.78, 5) is 12.1. The fraction of sp³-hybridized carbons (Fsp3) is 0.929. The first kappa shape index (κ1) is 15.4. The van der Waals surface area contributed by atoms with E-state index in [1.165, 1.54) is 0 Å². The molecule has 0 radical (unpaired) electrons. The second-order valence-corrected chi connectivity index (χ2v) is 6.89. The average Bonchev–Trinajstić information content (AvgIpc) is 3.02. The Labute approximate surface area is 110 Å². The summed E-state index contributed by atoms with van der Waals surface area (Å²) < 4.78 is 0. The maximum atomic E-state index is 12.1. The van der Waals surface area contributed by atoms with Crippen LogP contribution in [0.5, 0.6) is 0 Å². The number of rotatable bonds is 7. The first-order chi connectivity index (χ1) is 8.32. The van der Waals surface area contributed by atoms with Gasteiger partial charge in [-0.2, -0.15) is 0 Å². The second-order valence-electron chi connectivity index (χ2n) is 6.89. The van der Waals surface area contributed by atoms with E-state index in [-0.39, 0.29) is 29.3 Å². The van der Waals surface area contributed by atoms with Crippen molar-refractivity contribution in [3.8, 4) is 0 Å². The maximum absolute atomic E-state index is 12.1. The highest BCUT2D eigenvalue weighted by Gasteiger charge is 2.42. The predicted octanol–water partition coefficient (Wildman–Crippen LogP) is 1.28. The third-order valence-corrected chi connectivity index (χ3v) is 3.75. The fourth-order valence-corrected chi connectivity index (χ4v) is 2.37. The molecule has 1 fully saturated rings. The molecule has 18 heavy (non-hydrogen) atoms. The topological polar surface area (TPSA) is 75.4 Å². The molecule has 1 aliphatic rings. The molecule has 1 aliphatic carbocycles. The minimum atomic E-state index is -0.102. The standard InChI is InChI=1S/C14H28N2O2/c1-13(2,3)8-11(9-15)12(18)16-10-14(4-5-14)6-7-17/h11,17H,4-10,15H2,1-3H3,(H,16,18). The number of carbonyl (C=O) groups is 1. The molecule has 106 valence electrons. The van der Waals surface area contributed by atoms with Crippen LogP contribution in [0.1, 0.15) is 46.5 Å². The van der Waals surface area contributed by atoms with Crippen LogP contribution >= 0.6 is 0 Å². The Morgan fingerprint density at radius 1 is 1.44 bits per heavy atom. The summed E-state index contributed by atoms with van der Waals surface area (Å²) in [7, 11) is 0. The highest BCUT2D eigenvalue weighted by Crippen LogP contribution is 2.47. The highest BCUT2D eigenvalue weighted by molar-refractivity contribution is 5.79. The first-order valence-corrected chi connectivity index (χ1v) is 6.91. The van der Waals surface area contributed by atoms with Crippen LogP contribution in [0.2, 0.25) is 0 Å². The molecular formula is C14H28N2O2. The molecule has 0 aromatic carbocycles. The molecule has 0 aromatic rings. The molecule has 0 aliphatic heterocycles. The quantitative estimate of drug-likeness (QED) is 0.642. The number of carbonyl (C=O) groups excluding carboxylic acids is 1. The van der Waals surface area contributed by atoms with Gasteiger partial charge in [-0.3, -0.25) is 4.79 Å². The Morgan fingerprint density at radius 3 is 2.44 bits per heavy atom. The van der Waals surface area contributed by atoms with E-state index < -0.39 is 0 Å². The van der Waals surface area contributed by atoms with Crippen molar-refractivity contribution in [2.24, 2.45) is 22.5 Å². The largest absolute Gasteiger partial charge is 0.396 e. The highest BCUT2D eigenvalue weighted by atomic mass is 16.3. The molecule has 1 rings (SSSR count). The van der Waals surface area contributed by atoms with E-state index in [0.717, 1.165) is 25.7 Å². The summed E-state index contributed by atoms with van der Waals surface area (Å²) in [6.45, 7) is 7.66. The summed E-state index contributed by atoms with van der Waals surface area (Å²) in [5.74, 6) is -0.0356. The molecule has 1 atom stereocenters. The predicted molar refractivity (Wildman–Crippen MR) is 73.0 cm³/mol. The van der Waals surface area contributed by atoms with Gasteiger partial charge in [0, 0.05) is 19.7 Å². The van der Waals surface area contributed by atoms with Gasteiger partial charge in [0.1, 0.15) is 0 Å². The Morgan fingerprint density at radius 2 is 2.06 bits per heavy atom. The minimum absolute atomic E-state index is 0.0663. The number of hydrogen-bond acceptors (Lipinski definition) is 3. The van der Waals surface area contributed by atoms with Gasteiger partial charge in [0.05, 0.1) is 5.92 Å². The molecule has 4 nitrogen and oxygen atoms in total. The van der Waals surface area contributed by atoms with Crippen LogP contribution in [0.4, 0.5) is 0 Å². The van der Waals surface area contributed by atoms with Crippen LogP contribution in [-0.4, -0.2) is 30.7 Å². The third-order valence-electron chi connectivity index (χ3n) is 3.75. The van der Waals surface area contributed by atoms with Gasteiger partial charge < -0.3 is 16.2 Å². The van der Waals surface area contributed by atoms with Gasteiger partial charge in [-0.1, -0.05) is 20.8 Å². The SMILES string of the molecule is CC(C)(C)CC(CN)C(=O)NCC1(CCO)CC1. The lowest BCUT2D eigenvalue weighted by Crippen LogP contribution is -2.39. The average molecular weight is 256 g/mol. The molecular weight excluding hydrogens is 228 g/mol. The van der Waals surface area contributed by atoms with Crippen molar-refractivity contribution in [2.45, 2.75) is 46.5 Å². The minimum Gasteiger partial charge on any atom is -0.396 e. The van der Waals surface area contributed by atoms with Crippen LogP contribution < -0.4 is 11.1 Å². The van der Waals surface area contributed by atoms with Crippen LogP contribution in [0.3, 0.4) is 0 Å². The van der Waals surface area contributed by atoms with Crippen molar-refractivity contribution >= 4 is 5.91 Å². The molecule has 4 N–H and O–H groups in total. The van der Waals surface area contributed by atoms with Crippen molar-refractivity contribution in [1.29, 1.82) is 0 Å². The molecule has 1 unspecified atom stereocenters. The van der Waals surface area contributed by atoms with E-state index in [4.69, 9.17) is 10.8 Å². The Bertz CT molecular complexity index is 280. The summed E-state index contributed by atoms with van der Waals surface area (Å²) in [5.41, 5.74) is 5.98. The van der Waals surface area contributed by atoms with Gasteiger partial charge in [0.2, 0.25) is 5.91 Å². The molecule has 0 heterocycles. The van der Waals surface area contributed by atoms with E-state index in [9.17, 15) is 4.79 Å². The molecule has 0 bridgehead atoms. The summed E-state index contributed by atoms with van der Waals surface area (Å²) in [6, 6.07) is 0. The maximum Gasteiger partial charge on any atom is 0.224 e. The van der Waals surface area contributed by atoms with Crippen molar-refractivity contribution in [2.75, 3.05) is 19.7 Å². The summed E-state index contributed by atoms with van der Waals surface area (Å²) in [6.07, 6.45) is 3.82. The van der Waals surface area contributed by atoms with E-state index in [1.807, 2.05) is 0 Å². The number of nitrogens with one attached hydrogen (secondary N) is 1. The van der Waals surface area contributed by atoms with Crippen molar-refractivity contribution in [3.63, 3.8) is 0 Å². The molecule has 4 heteroatoms. The third kappa shape index (κ3) is 4.94. The number of aliphatic hydroxyl groups excluding tert-OH is 1. The Kier molecular flexibility index (Phi) is 5.17. The molecule has 1 amide bonds. The van der Waals surface area contributed by atoms with Gasteiger partial charge in [-0.05, 0) is 36.5 Å². The Hall–Kier alpha value is -0.610. The van der Waals surface area contributed by atoms with Gasteiger partial charge in [-0.15, -0.1) is 0 Å². The molecule has 1 saturated carbocycles. The Balaban J connectivity index is 2.39. The van der Waals surface area contributed by atoms with E-state index in [2.05, 4.69) is 26.1 Å². The smallest absolute Gasteiger partial charge is 0.224 e. The fourth-order valence-electron chi connectivity index (χ4n) is 2.37. The second kappa shape index (κ2) is 6.02. The zero-order valence-corrected chi connectivity index (χ0v) is 12.0. The number of nitrogens with two attached hydrogens (primary N) is 1. The normalized spacial score (nSPS) is 19.4. The molecule has 0 aromatic heterocycles. The lowest BCUT2D eigenvalue weighted by atomic mass is 9.84. The van der Waals surface area contributed by atoms with E-state index >= 15 is 0 Å². The molecule has 0 spiro atoms. The van der Waals surface area contributed by atoms with Crippen molar-refractivity contribution in [3.05, 3.63) is 0 Å². The number of aliphatic hydroxyl groups is 1. The zero-order valence-electron chi connectivity index (χ0n) is 12.0. The van der Waals surface area contributed by atoms with Crippen molar-refractivity contribution in [1.82, 2.24) is 5.32 Å². The van der Waals surface area contributed by atoms with Crippen molar-refractivity contribution < 1.29 is 9.90 Å². The van der Waals surface area contributed by atoms with Gasteiger partial charge in [0.25, 0.3) is 0 Å². The zero-order chi connectivity index (χ0) is 13.8. The van der Waals surface area contributed by atoms with Gasteiger partial charge >= 0.3 is 0 Å². The summed E-state index contributed by atoms with van der Waals surface area (Å²) >= 11 is 0. The van der Waals surface area contributed by atoms with Crippen LogP contribution in [0.15, 0.2) is 0 Å². The van der Waals surface area contributed by atoms with Gasteiger partial charge in [0.15, 0.2) is 0 Å². The monoisotopic (exact) mass is 256 g/mol. The number of hydrogen-bond donors (Lipinski definition) is 3. The lowest BCUT2D eigenvalue weighted by molar-refractivity contribution is -0.125. The first-order valence-electron chi connectivity index (χ1n) is 6.91. The van der Waals surface area contributed by atoms with Crippen LogP contribution in [0, 0.1) is 16.7 Å². The summed E-state index contributed by atoms with van der Waals surface area (Å²) in [5, 5.41) is 12.0. The van der Waals surface area contributed by atoms with Gasteiger partial charge in [-0.25, -0.2) is 0 Å². The number of amides is 1. The van der Waals surface area contributed by atoms with E-state index in [0.29, 0.717) is 13.1 Å². The van der Waals surface area contributed by atoms with Crippen LogP contribution in [0.25, 0.3) is 0 Å². The van der Waals surface area contributed by atoms with Crippen LogP contribution in [-0.2, 0) is 4.79 Å². The molecule has 0 saturated heterocycles. The van der Waals surface area contributed by atoms with E-state index in [1.54, 1.807) is 0 Å². The lowest BCUT2D eigenvalue weighted by Gasteiger charge is -2.25.